The predicted molar refractivity (Wildman–Crippen MR) is 101 cm³/mol. The molecule has 1 fully saturated rings. The van der Waals surface area contributed by atoms with E-state index in [1.54, 1.807) is 18.2 Å². The molecule has 0 radical (unpaired) electrons. The van der Waals surface area contributed by atoms with Crippen molar-refractivity contribution < 1.29 is 45.2 Å². The van der Waals surface area contributed by atoms with Crippen LogP contribution in [-0.2, 0) is 4.74 Å². The van der Waals surface area contributed by atoms with Gasteiger partial charge in [-0.25, -0.2) is 0 Å². The highest BCUT2D eigenvalue weighted by Crippen LogP contribution is 2.32. The van der Waals surface area contributed by atoms with Gasteiger partial charge in [-0.1, -0.05) is 18.2 Å². The third-order valence-electron chi connectivity index (χ3n) is 4.47. The summed E-state index contributed by atoms with van der Waals surface area (Å²) >= 11 is 0. The summed E-state index contributed by atoms with van der Waals surface area (Å²) in [5.74, 6) is -0.506. The first-order chi connectivity index (χ1) is 13.8. The fourth-order valence-electron chi connectivity index (χ4n) is 2.93. The van der Waals surface area contributed by atoms with Crippen LogP contribution in [-0.4, -0.2) is 73.1 Å². The first-order valence-corrected chi connectivity index (χ1v) is 8.80. The zero-order chi connectivity index (χ0) is 21.1. The second-order valence-corrected chi connectivity index (χ2v) is 6.66. The second kappa shape index (κ2) is 8.68. The van der Waals surface area contributed by atoms with E-state index in [1.165, 1.54) is 30.3 Å². The van der Waals surface area contributed by atoms with Gasteiger partial charge in [0.25, 0.3) is 0 Å². The molecule has 1 heterocycles. The van der Waals surface area contributed by atoms with Crippen LogP contribution in [0.15, 0.2) is 36.4 Å². The fraction of sp³-hybridized carbons (Fsp3) is 0.300. The normalized spacial score (nSPS) is 27.2. The van der Waals surface area contributed by atoms with Crippen LogP contribution in [0.5, 0.6) is 23.0 Å². The Morgan fingerprint density at radius 3 is 2.14 bits per heavy atom. The molecule has 5 atom stereocenters. The third kappa shape index (κ3) is 4.78. The van der Waals surface area contributed by atoms with E-state index in [0.29, 0.717) is 11.1 Å². The van der Waals surface area contributed by atoms with E-state index >= 15 is 0 Å². The predicted octanol–water partition coefficient (Wildman–Crippen LogP) is 0.152. The molecule has 1 saturated heterocycles. The average molecular weight is 406 g/mol. The fourth-order valence-corrected chi connectivity index (χ4v) is 2.93. The molecule has 0 spiro atoms. The largest absolute Gasteiger partial charge is 0.508 e. The minimum Gasteiger partial charge on any atom is -0.508 e. The van der Waals surface area contributed by atoms with Crippen LogP contribution in [0.1, 0.15) is 11.1 Å². The van der Waals surface area contributed by atoms with E-state index < -0.39 is 37.3 Å². The lowest BCUT2D eigenvalue weighted by Crippen LogP contribution is -2.60. The highest BCUT2D eigenvalue weighted by Gasteiger charge is 2.44. The van der Waals surface area contributed by atoms with Gasteiger partial charge in [0.15, 0.2) is 11.5 Å². The quantitative estimate of drug-likeness (QED) is 0.343. The number of phenolic OH excluding ortho intramolecular Hbond substituents is 3. The standard InChI is InChI=1S/C20H22O9/c21-9-16-17(25)18(26)19(27)20(29-16)28-15-7-10(3-4-14(15)24)1-2-11-5-12(22)8-13(23)6-11/h1-8,16-27H,9H2/b2-1+/t16-,17-,18+,19-,20-/m1/s1. The summed E-state index contributed by atoms with van der Waals surface area (Å²) in [7, 11) is 0. The molecule has 0 bridgehead atoms. The summed E-state index contributed by atoms with van der Waals surface area (Å²) in [6.45, 7) is -0.601. The highest BCUT2D eigenvalue weighted by molar-refractivity contribution is 5.72. The molecule has 0 aliphatic carbocycles. The van der Waals surface area contributed by atoms with Gasteiger partial charge in [-0.3, -0.25) is 0 Å². The lowest BCUT2D eigenvalue weighted by Gasteiger charge is -2.39. The smallest absolute Gasteiger partial charge is 0.229 e. The van der Waals surface area contributed by atoms with Crippen molar-refractivity contribution in [2.45, 2.75) is 30.7 Å². The molecule has 2 aromatic rings. The van der Waals surface area contributed by atoms with Crippen molar-refractivity contribution in [1.82, 2.24) is 0 Å². The van der Waals surface area contributed by atoms with E-state index in [0.717, 1.165) is 0 Å². The Hall–Kier alpha value is -2.82. The summed E-state index contributed by atoms with van der Waals surface area (Å²) in [5.41, 5.74) is 1.11. The summed E-state index contributed by atoms with van der Waals surface area (Å²) in [6, 6.07) is 8.46. The summed E-state index contributed by atoms with van der Waals surface area (Å²) in [5, 5.41) is 68.0. The number of aliphatic hydroxyl groups is 4. The van der Waals surface area contributed by atoms with Crippen molar-refractivity contribution in [2.75, 3.05) is 6.61 Å². The van der Waals surface area contributed by atoms with Crippen LogP contribution >= 0.6 is 0 Å². The van der Waals surface area contributed by atoms with Crippen molar-refractivity contribution in [3.63, 3.8) is 0 Å². The van der Waals surface area contributed by atoms with Crippen molar-refractivity contribution in [1.29, 1.82) is 0 Å². The monoisotopic (exact) mass is 406 g/mol. The number of aliphatic hydroxyl groups excluding tert-OH is 4. The van der Waals surface area contributed by atoms with E-state index in [2.05, 4.69) is 0 Å². The number of hydrogen-bond donors (Lipinski definition) is 7. The van der Waals surface area contributed by atoms with Gasteiger partial charge in [-0.15, -0.1) is 0 Å². The molecular formula is C20H22O9. The molecule has 29 heavy (non-hydrogen) atoms. The molecule has 7 N–H and O–H groups in total. The van der Waals surface area contributed by atoms with Gasteiger partial charge in [0.05, 0.1) is 6.61 Å². The maximum Gasteiger partial charge on any atom is 0.229 e. The molecule has 0 amide bonds. The van der Waals surface area contributed by atoms with Gasteiger partial charge >= 0.3 is 0 Å². The Bertz CT molecular complexity index is 860. The molecule has 3 rings (SSSR count). The van der Waals surface area contributed by atoms with Crippen LogP contribution in [0.4, 0.5) is 0 Å². The first-order valence-electron chi connectivity index (χ1n) is 8.80. The number of ether oxygens (including phenoxy) is 2. The zero-order valence-corrected chi connectivity index (χ0v) is 15.2. The molecule has 1 aliphatic heterocycles. The number of phenols is 3. The maximum absolute atomic E-state index is 10.1. The minimum absolute atomic E-state index is 0.0600. The molecular weight excluding hydrogens is 384 g/mol. The van der Waals surface area contributed by atoms with Crippen LogP contribution in [0.25, 0.3) is 12.2 Å². The van der Waals surface area contributed by atoms with Crippen LogP contribution < -0.4 is 4.74 Å². The Balaban J connectivity index is 1.79. The van der Waals surface area contributed by atoms with Gasteiger partial charge in [-0.05, 0) is 35.4 Å². The van der Waals surface area contributed by atoms with Crippen LogP contribution in [0.2, 0.25) is 0 Å². The highest BCUT2D eigenvalue weighted by atomic mass is 16.7. The van der Waals surface area contributed by atoms with Crippen molar-refractivity contribution >= 4 is 12.2 Å². The molecule has 156 valence electrons. The summed E-state index contributed by atoms with van der Waals surface area (Å²) < 4.78 is 10.7. The molecule has 0 saturated carbocycles. The number of benzene rings is 2. The zero-order valence-electron chi connectivity index (χ0n) is 15.2. The van der Waals surface area contributed by atoms with E-state index in [9.17, 15) is 35.7 Å². The number of aromatic hydroxyl groups is 3. The van der Waals surface area contributed by atoms with Crippen molar-refractivity contribution in [3.05, 3.63) is 47.5 Å². The van der Waals surface area contributed by atoms with Gasteiger partial charge < -0.3 is 45.2 Å². The number of rotatable bonds is 5. The third-order valence-corrected chi connectivity index (χ3v) is 4.47. The van der Waals surface area contributed by atoms with Crippen LogP contribution in [0.3, 0.4) is 0 Å². The molecule has 0 aromatic heterocycles. The molecule has 1 aliphatic rings. The van der Waals surface area contributed by atoms with Gasteiger partial charge in [0.1, 0.15) is 35.9 Å². The lowest BCUT2D eigenvalue weighted by molar-refractivity contribution is -0.277. The Morgan fingerprint density at radius 2 is 1.48 bits per heavy atom. The van der Waals surface area contributed by atoms with Gasteiger partial charge in [0.2, 0.25) is 6.29 Å². The molecule has 9 nitrogen and oxygen atoms in total. The van der Waals surface area contributed by atoms with Crippen molar-refractivity contribution in [2.24, 2.45) is 0 Å². The summed E-state index contributed by atoms with van der Waals surface area (Å²) in [6.07, 6.45) is -4.05. The Kier molecular flexibility index (Phi) is 6.26. The van der Waals surface area contributed by atoms with Gasteiger partial charge in [0, 0.05) is 6.07 Å². The Morgan fingerprint density at radius 1 is 0.828 bits per heavy atom. The second-order valence-electron chi connectivity index (χ2n) is 6.66. The SMILES string of the molecule is OC[C@H]1O[C@@H](Oc2cc(/C=C/c3cc(O)cc(O)c3)ccc2O)[C@H](O)[C@@H](O)[C@@H]1O. The van der Waals surface area contributed by atoms with Crippen LogP contribution in [0, 0.1) is 0 Å². The Labute approximate surface area is 165 Å². The lowest BCUT2D eigenvalue weighted by atomic mass is 9.99. The van der Waals surface area contributed by atoms with E-state index in [4.69, 9.17) is 9.47 Å². The molecule has 0 unspecified atom stereocenters. The van der Waals surface area contributed by atoms with E-state index in [1.807, 2.05) is 0 Å². The summed E-state index contributed by atoms with van der Waals surface area (Å²) in [4.78, 5) is 0. The minimum atomic E-state index is -1.61. The topological polar surface area (TPSA) is 160 Å². The molecule has 9 heteroatoms. The van der Waals surface area contributed by atoms with Crippen molar-refractivity contribution in [3.8, 4) is 23.0 Å². The number of hydrogen-bond acceptors (Lipinski definition) is 9. The average Bonchev–Trinajstić information content (AvgIpc) is 2.68. The molecule has 2 aromatic carbocycles. The maximum atomic E-state index is 10.1. The van der Waals surface area contributed by atoms with Gasteiger partial charge in [-0.2, -0.15) is 0 Å². The van der Waals surface area contributed by atoms with E-state index in [-0.39, 0.29) is 23.0 Å². The first kappa shape index (κ1) is 20.9.